The molecule has 1 N–H and O–H groups in total. The average molecular weight is 325 g/mol. The second-order valence-corrected chi connectivity index (χ2v) is 6.75. The topological polar surface area (TPSA) is 55.4 Å². The zero-order valence-electron chi connectivity index (χ0n) is 14.8. The third kappa shape index (κ3) is 4.02. The van der Waals surface area contributed by atoms with Crippen molar-refractivity contribution in [3.05, 3.63) is 59.2 Å². The molecule has 0 fully saturated rings. The number of rotatable bonds is 4. The molecule has 0 aliphatic rings. The third-order valence-electron chi connectivity index (χ3n) is 3.85. The van der Waals surface area contributed by atoms with Crippen LogP contribution in [0.2, 0.25) is 0 Å². The van der Waals surface area contributed by atoms with Gasteiger partial charge in [0.25, 0.3) is 5.91 Å². The third-order valence-corrected chi connectivity index (χ3v) is 3.85. The van der Waals surface area contributed by atoms with Crippen LogP contribution in [0.3, 0.4) is 0 Å². The normalized spacial score (nSPS) is 11.0. The van der Waals surface area contributed by atoms with Crippen LogP contribution in [0.5, 0.6) is 5.75 Å². The predicted octanol–water partition coefficient (Wildman–Crippen LogP) is 4.45. The van der Waals surface area contributed by atoms with Crippen LogP contribution in [-0.4, -0.2) is 18.8 Å². The smallest absolute Gasteiger partial charge is 0.255 e. The van der Waals surface area contributed by atoms with Crippen molar-refractivity contribution in [3.8, 4) is 5.75 Å². The lowest BCUT2D eigenvalue weighted by atomic mass is 9.86. The summed E-state index contributed by atoms with van der Waals surface area (Å²) < 4.78 is 5.15. The van der Waals surface area contributed by atoms with Gasteiger partial charge in [0, 0.05) is 11.1 Å². The molecule has 1 amide bonds. The summed E-state index contributed by atoms with van der Waals surface area (Å²) in [4.78, 5) is 24.4. The number of Topliss-reactive ketones (excluding diaryl/α,β-unsaturated/α-hetero) is 1. The fraction of sp³-hybridized carbons (Fsp3) is 0.300. The number of carbonyl (C=O) groups is 2. The standard InChI is InChI=1S/C20H23NO3/c1-13(22)17-10-9-15(20(2,3)4)12-18(17)21-19(23)14-7-6-8-16(11-14)24-5/h6-12H,1-5H3,(H,21,23). The predicted molar refractivity (Wildman–Crippen MR) is 96.1 cm³/mol. The largest absolute Gasteiger partial charge is 0.497 e. The molecule has 0 aromatic heterocycles. The second-order valence-electron chi connectivity index (χ2n) is 6.75. The first kappa shape index (κ1) is 17.7. The minimum absolute atomic E-state index is 0.0786. The number of hydrogen-bond donors (Lipinski definition) is 1. The highest BCUT2D eigenvalue weighted by molar-refractivity contribution is 6.09. The fourth-order valence-electron chi connectivity index (χ4n) is 2.38. The molecule has 0 spiro atoms. The number of hydrogen-bond acceptors (Lipinski definition) is 3. The molecule has 0 bridgehead atoms. The summed E-state index contributed by atoms with van der Waals surface area (Å²) in [6.45, 7) is 7.75. The molecule has 0 unspecified atom stereocenters. The molecule has 2 aromatic rings. The first-order valence-corrected chi connectivity index (χ1v) is 7.83. The van der Waals surface area contributed by atoms with Crippen LogP contribution in [-0.2, 0) is 5.41 Å². The molecule has 0 heterocycles. The van der Waals surface area contributed by atoms with Gasteiger partial charge in [-0.15, -0.1) is 0 Å². The molecule has 4 nitrogen and oxygen atoms in total. The zero-order chi connectivity index (χ0) is 17.9. The monoisotopic (exact) mass is 325 g/mol. The van der Waals surface area contributed by atoms with Crippen molar-refractivity contribution in [1.29, 1.82) is 0 Å². The number of nitrogens with one attached hydrogen (secondary N) is 1. The molecule has 0 radical (unpaired) electrons. The van der Waals surface area contributed by atoms with E-state index in [1.54, 1.807) is 37.4 Å². The van der Waals surface area contributed by atoms with E-state index in [9.17, 15) is 9.59 Å². The van der Waals surface area contributed by atoms with E-state index >= 15 is 0 Å². The van der Waals surface area contributed by atoms with Crippen molar-refractivity contribution >= 4 is 17.4 Å². The molecule has 0 saturated carbocycles. The summed E-state index contributed by atoms with van der Waals surface area (Å²) in [7, 11) is 1.55. The second kappa shape index (κ2) is 6.87. The van der Waals surface area contributed by atoms with E-state index in [-0.39, 0.29) is 17.1 Å². The highest BCUT2D eigenvalue weighted by Crippen LogP contribution is 2.28. The maximum atomic E-state index is 12.5. The van der Waals surface area contributed by atoms with E-state index in [4.69, 9.17) is 4.74 Å². The number of amides is 1. The van der Waals surface area contributed by atoms with Crippen LogP contribution < -0.4 is 10.1 Å². The lowest BCUT2D eigenvalue weighted by Crippen LogP contribution is -2.17. The summed E-state index contributed by atoms with van der Waals surface area (Å²) in [5.74, 6) is 0.247. The van der Waals surface area contributed by atoms with Gasteiger partial charge in [0.1, 0.15) is 5.75 Å². The van der Waals surface area contributed by atoms with Gasteiger partial charge < -0.3 is 10.1 Å². The SMILES string of the molecule is COc1cccc(C(=O)Nc2cc(C(C)(C)C)ccc2C(C)=O)c1. The molecule has 2 aromatic carbocycles. The van der Waals surface area contributed by atoms with Crippen molar-refractivity contribution in [2.45, 2.75) is 33.1 Å². The van der Waals surface area contributed by atoms with E-state index in [1.807, 2.05) is 12.1 Å². The summed E-state index contributed by atoms with van der Waals surface area (Å²) in [5, 5.41) is 2.86. The van der Waals surface area contributed by atoms with Crippen molar-refractivity contribution < 1.29 is 14.3 Å². The van der Waals surface area contributed by atoms with Gasteiger partial charge in [-0.3, -0.25) is 9.59 Å². The zero-order valence-corrected chi connectivity index (χ0v) is 14.8. The highest BCUT2D eigenvalue weighted by atomic mass is 16.5. The number of methoxy groups -OCH3 is 1. The Hall–Kier alpha value is -2.62. The van der Waals surface area contributed by atoms with E-state index < -0.39 is 0 Å². The van der Waals surface area contributed by atoms with E-state index in [1.165, 1.54) is 6.92 Å². The number of ether oxygens (including phenoxy) is 1. The molecular formula is C20H23NO3. The fourth-order valence-corrected chi connectivity index (χ4v) is 2.38. The average Bonchev–Trinajstić information content (AvgIpc) is 2.53. The Morgan fingerprint density at radius 3 is 2.33 bits per heavy atom. The van der Waals surface area contributed by atoms with Gasteiger partial charge in [0.15, 0.2) is 5.78 Å². The van der Waals surface area contributed by atoms with Gasteiger partial charge in [0.2, 0.25) is 0 Å². The molecule has 126 valence electrons. The van der Waals surface area contributed by atoms with Crippen LogP contribution in [0, 0.1) is 0 Å². The van der Waals surface area contributed by atoms with E-state index in [0.29, 0.717) is 22.6 Å². The number of benzene rings is 2. The first-order chi connectivity index (χ1) is 11.2. The maximum Gasteiger partial charge on any atom is 0.255 e. The Labute approximate surface area is 142 Å². The molecule has 4 heteroatoms. The number of carbonyl (C=O) groups excluding carboxylic acids is 2. The highest BCUT2D eigenvalue weighted by Gasteiger charge is 2.18. The van der Waals surface area contributed by atoms with Gasteiger partial charge in [0.05, 0.1) is 12.8 Å². The van der Waals surface area contributed by atoms with Crippen molar-refractivity contribution in [3.63, 3.8) is 0 Å². The molecule has 24 heavy (non-hydrogen) atoms. The number of anilines is 1. The van der Waals surface area contributed by atoms with Crippen LogP contribution in [0.4, 0.5) is 5.69 Å². The van der Waals surface area contributed by atoms with Gasteiger partial charge >= 0.3 is 0 Å². The van der Waals surface area contributed by atoms with Gasteiger partial charge in [-0.05, 0) is 48.2 Å². The first-order valence-electron chi connectivity index (χ1n) is 7.83. The summed E-state index contributed by atoms with van der Waals surface area (Å²) in [6.07, 6.45) is 0. The van der Waals surface area contributed by atoms with E-state index in [0.717, 1.165) is 5.56 Å². The Bertz CT molecular complexity index is 773. The Balaban J connectivity index is 2.39. The quantitative estimate of drug-likeness (QED) is 0.845. The molecule has 0 aliphatic carbocycles. The maximum absolute atomic E-state index is 12.5. The summed E-state index contributed by atoms with van der Waals surface area (Å²) in [5.41, 5.74) is 2.48. The summed E-state index contributed by atoms with van der Waals surface area (Å²) >= 11 is 0. The van der Waals surface area contributed by atoms with Gasteiger partial charge in [-0.2, -0.15) is 0 Å². The lowest BCUT2D eigenvalue weighted by molar-refractivity contribution is 0.101. The molecule has 0 saturated heterocycles. The van der Waals surface area contributed by atoms with Crippen molar-refractivity contribution in [2.75, 3.05) is 12.4 Å². The summed E-state index contributed by atoms with van der Waals surface area (Å²) in [6, 6.07) is 12.5. The minimum atomic E-state index is -0.276. The number of ketones is 1. The lowest BCUT2D eigenvalue weighted by Gasteiger charge is -2.21. The van der Waals surface area contributed by atoms with Crippen LogP contribution in [0.1, 0.15) is 54.0 Å². The Morgan fingerprint density at radius 1 is 1.04 bits per heavy atom. The van der Waals surface area contributed by atoms with Crippen LogP contribution in [0.25, 0.3) is 0 Å². The van der Waals surface area contributed by atoms with Crippen LogP contribution >= 0.6 is 0 Å². The Morgan fingerprint density at radius 2 is 1.75 bits per heavy atom. The van der Waals surface area contributed by atoms with E-state index in [2.05, 4.69) is 26.1 Å². The van der Waals surface area contributed by atoms with Crippen molar-refractivity contribution in [2.24, 2.45) is 0 Å². The molecule has 0 aliphatic heterocycles. The van der Waals surface area contributed by atoms with Gasteiger partial charge in [-0.25, -0.2) is 0 Å². The van der Waals surface area contributed by atoms with Crippen molar-refractivity contribution in [1.82, 2.24) is 0 Å². The molecular weight excluding hydrogens is 302 g/mol. The molecule has 2 rings (SSSR count). The van der Waals surface area contributed by atoms with Gasteiger partial charge in [-0.1, -0.05) is 32.9 Å². The Kier molecular flexibility index (Phi) is 5.07. The molecule has 0 atom stereocenters. The minimum Gasteiger partial charge on any atom is -0.497 e. The van der Waals surface area contributed by atoms with Crippen LogP contribution in [0.15, 0.2) is 42.5 Å².